The predicted molar refractivity (Wildman–Crippen MR) is 98.0 cm³/mol. The maximum atomic E-state index is 12.9. The van der Waals surface area contributed by atoms with E-state index in [-0.39, 0.29) is 17.4 Å². The number of benzene rings is 2. The Morgan fingerprint density at radius 1 is 1.19 bits per heavy atom. The van der Waals surface area contributed by atoms with Gasteiger partial charge in [0.15, 0.2) is 0 Å². The molecule has 0 aliphatic rings. The van der Waals surface area contributed by atoms with Gasteiger partial charge in [0.05, 0.1) is 29.3 Å². The van der Waals surface area contributed by atoms with Gasteiger partial charge in [-0.05, 0) is 47.7 Å². The molecule has 0 atom stereocenters. The molecule has 2 aromatic carbocycles. The van der Waals surface area contributed by atoms with E-state index in [1.165, 1.54) is 17.0 Å². The molecule has 136 valence electrons. The maximum Gasteiger partial charge on any atom is 0.416 e. The van der Waals surface area contributed by atoms with E-state index in [1.54, 1.807) is 23.9 Å². The van der Waals surface area contributed by atoms with E-state index < -0.39 is 17.3 Å². The molecule has 8 heteroatoms. The summed E-state index contributed by atoms with van der Waals surface area (Å²) in [5.41, 5.74) is -0.340. The zero-order chi connectivity index (χ0) is 18.9. The molecule has 0 aliphatic carbocycles. The second-order valence-electron chi connectivity index (χ2n) is 5.59. The van der Waals surface area contributed by atoms with Crippen LogP contribution in [0.15, 0.2) is 52.4 Å². The third kappa shape index (κ3) is 3.88. The number of halogens is 4. The van der Waals surface area contributed by atoms with Gasteiger partial charge in [0.1, 0.15) is 0 Å². The van der Waals surface area contributed by atoms with Gasteiger partial charge in [0, 0.05) is 9.92 Å². The Morgan fingerprint density at radius 2 is 1.96 bits per heavy atom. The number of fused-ring (bicyclic) bond motifs is 1. The average Bonchev–Trinajstić information content (AvgIpc) is 2.59. The van der Waals surface area contributed by atoms with Crippen molar-refractivity contribution in [3.8, 4) is 0 Å². The summed E-state index contributed by atoms with van der Waals surface area (Å²) in [6, 6.07) is 8.37. The summed E-state index contributed by atoms with van der Waals surface area (Å²) in [5.74, 6) is 0.842. The molecule has 0 saturated heterocycles. The van der Waals surface area contributed by atoms with Gasteiger partial charge in [-0.25, -0.2) is 4.98 Å². The molecule has 0 aliphatic heterocycles. The first-order valence-corrected chi connectivity index (χ1v) is 9.13. The molecule has 3 aromatic rings. The lowest BCUT2D eigenvalue weighted by Gasteiger charge is -2.12. The Bertz CT molecular complexity index is 1020. The first-order valence-electron chi connectivity index (χ1n) is 7.77. The highest BCUT2D eigenvalue weighted by atomic mass is 35.5. The average molecular weight is 399 g/mol. The second-order valence-corrected chi connectivity index (χ2v) is 7.33. The van der Waals surface area contributed by atoms with Crippen LogP contribution in [-0.4, -0.2) is 15.3 Å². The third-order valence-corrected chi connectivity index (χ3v) is 5.05. The molecule has 1 heterocycles. The van der Waals surface area contributed by atoms with E-state index in [9.17, 15) is 18.0 Å². The number of alkyl halides is 3. The van der Waals surface area contributed by atoms with Crippen molar-refractivity contribution in [2.75, 3.05) is 5.75 Å². The molecule has 0 spiro atoms. The van der Waals surface area contributed by atoms with Gasteiger partial charge in [0.2, 0.25) is 0 Å². The number of aromatic nitrogens is 2. The van der Waals surface area contributed by atoms with E-state index in [2.05, 4.69) is 4.98 Å². The standard InChI is InChI=1S/C18H14ClF3N2OS/c1-2-26-16-6-4-13(19)7-11(16)9-24-10-23-15-5-3-12(18(20,21)22)8-14(15)17(24)25/h3-8,10H,2,9H2,1H3. The quantitative estimate of drug-likeness (QED) is 0.564. The van der Waals surface area contributed by atoms with E-state index in [4.69, 9.17) is 11.6 Å². The molecule has 1 aromatic heterocycles. The first kappa shape index (κ1) is 18.8. The third-order valence-electron chi connectivity index (χ3n) is 3.81. The van der Waals surface area contributed by atoms with E-state index in [1.807, 2.05) is 13.0 Å². The molecule has 0 fully saturated rings. The van der Waals surface area contributed by atoms with E-state index in [0.29, 0.717) is 5.02 Å². The molecule has 0 radical (unpaired) electrons. The van der Waals surface area contributed by atoms with Crippen LogP contribution in [-0.2, 0) is 12.7 Å². The Labute approximate surface area is 156 Å². The number of hydrogen-bond donors (Lipinski definition) is 0. The van der Waals surface area contributed by atoms with Crippen molar-refractivity contribution < 1.29 is 13.2 Å². The van der Waals surface area contributed by atoms with Crippen molar-refractivity contribution in [3.05, 3.63) is 69.2 Å². The highest BCUT2D eigenvalue weighted by molar-refractivity contribution is 7.99. The van der Waals surface area contributed by atoms with Gasteiger partial charge in [0.25, 0.3) is 5.56 Å². The van der Waals surface area contributed by atoms with Gasteiger partial charge in [-0.3, -0.25) is 9.36 Å². The SMILES string of the molecule is CCSc1ccc(Cl)cc1Cn1cnc2ccc(C(F)(F)F)cc2c1=O. The smallest absolute Gasteiger partial charge is 0.294 e. The van der Waals surface area contributed by atoms with E-state index in [0.717, 1.165) is 28.3 Å². The highest BCUT2D eigenvalue weighted by Crippen LogP contribution is 2.30. The number of rotatable bonds is 4. The van der Waals surface area contributed by atoms with Crippen LogP contribution in [0.4, 0.5) is 13.2 Å². The lowest BCUT2D eigenvalue weighted by atomic mass is 10.1. The fourth-order valence-electron chi connectivity index (χ4n) is 2.60. The van der Waals surface area contributed by atoms with E-state index >= 15 is 0 Å². The summed E-state index contributed by atoms with van der Waals surface area (Å²) in [6.07, 6.45) is -3.17. The van der Waals surface area contributed by atoms with Gasteiger partial charge in [-0.1, -0.05) is 18.5 Å². The van der Waals surface area contributed by atoms with Crippen LogP contribution >= 0.6 is 23.4 Å². The fraction of sp³-hybridized carbons (Fsp3) is 0.222. The minimum atomic E-state index is -4.51. The summed E-state index contributed by atoms with van der Waals surface area (Å²) >= 11 is 7.65. The fourth-order valence-corrected chi connectivity index (χ4v) is 3.58. The van der Waals surface area contributed by atoms with Crippen LogP contribution < -0.4 is 5.56 Å². The highest BCUT2D eigenvalue weighted by Gasteiger charge is 2.30. The van der Waals surface area contributed by atoms with Crippen LogP contribution in [0.25, 0.3) is 10.9 Å². The van der Waals surface area contributed by atoms with Crippen molar-refractivity contribution in [1.29, 1.82) is 0 Å². The first-order chi connectivity index (χ1) is 12.3. The molecule has 0 N–H and O–H groups in total. The largest absolute Gasteiger partial charge is 0.416 e. The summed E-state index contributed by atoms with van der Waals surface area (Å²) in [6.45, 7) is 2.19. The van der Waals surface area contributed by atoms with Crippen molar-refractivity contribution in [1.82, 2.24) is 9.55 Å². The molecule has 0 saturated carbocycles. The topological polar surface area (TPSA) is 34.9 Å². The van der Waals surface area contributed by atoms with Gasteiger partial charge in [-0.15, -0.1) is 11.8 Å². The summed E-state index contributed by atoms with van der Waals surface area (Å²) < 4.78 is 40.1. The summed E-state index contributed by atoms with van der Waals surface area (Å²) in [4.78, 5) is 17.8. The van der Waals surface area contributed by atoms with Crippen LogP contribution in [0.1, 0.15) is 18.1 Å². The zero-order valence-electron chi connectivity index (χ0n) is 13.7. The number of hydrogen-bond acceptors (Lipinski definition) is 3. The molecule has 3 rings (SSSR count). The van der Waals surface area contributed by atoms with Crippen LogP contribution in [0.2, 0.25) is 5.02 Å². The Morgan fingerprint density at radius 3 is 2.65 bits per heavy atom. The normalized spacial score (nSPS) is 11.9. The second kappa shape index (κ2) is 7.32. The minimum Gasteiger partial charge on any atom is -0.294 e. The molecule has 0 bridgehead atoms. The van der Waals surface area contributed by atoms with Crippen molar-refractivity contribution in [2.45, 2.75) is 24.5 Å². The molecule has 0 amide bonds. The van der Waals surface area contributed by atoms with Gasteiger partial charge in [-0.2, -0.15) is 13.2 Å². The van der Waals surface area contributed by atoms with Crippen LogP contribution in [0, 0.1) is 0 Å². The van der Waals surface area contributed by atoms with Crippen molar-refractivity contribution in [2.24, 2.45) is 0 Å². The molecular formula is C18H14ClF3N2OS. The predicted octanol–water partition coefficient (Wildman–Crippen LogP) is 5.23. The van der Waals surface area contributed by atoms with Crippen molar-refractivity contribution in [3.63, 3.8) is 0 Å². The van der Waals surface area contributed by atoms with Crippen LogP contribution in [0.3, 0.4) is 0 Å². The Balaban J connectivity index is 2.08. The van der Waals surface area contributed by atoms with Crippen molar-refractivity contribution >= 4 is 34.3 Å². The lowest BCUT2D eigenvalue weighted by molar-refractivity contribution is -0.137. The molecule has 3 nitrogen and oxygen atoms in total. The molecule has 0 unspecified atom stereocenters. The Hall–Kier alpha value is -1.99. The van der Waals surface area contributed by atoms with Gasteiger partial charge < -0.3 is 0 Å². The van der Waals surface area contributed by atoms with Gasteiger partial charge >= 0.3 is 6.18 Å². The number of nitrogens with zero attached hydrogens (tertiary/aromatic N) is 2. The maximum absolute atomic E-state index is 12.9. The summed E-state index contributed by atoms with van der Waals surface area (Å²) in [5, 5.41) is 0.468. The summed E-state index contributed by atoms with van der Waals surface area (Å²) in [7, 11) is 0. The Kier molecular flexibility index (Phi) is 5.29. The number of thioether (sulfide) groups is 1. The monoisotopic (exact) mass is 398 g/mol. The minimum absolute atomic E-state index is 0.0611. The molecular weight excluding hydrogens is 385 g/mol. The van der Waals surface area contributed by atoms with Crippen LogP contribution in [0.5, 0.6) is 0 Å². The zero-order valence-corrected chi connectivity index (χ0v) is 15.3. The lowest BCUT2D eigenvalue weighted by Crippen LogP contribution is -2.22. The molecule has 26 heavy (non-hydrogen) atoms.